The number of aryl methyl sites for hydroxylation is 1. The Labute approximate surface area is 200 Å². The molecule has 0 nitrogen and oxygen atoms in total. The molecule has 2 heteroatoms. The Kier molecular flexibility index (Phi) is 6.19. The van der Waals surface area contributed by atoms with Gasteiger partial charge in [-0.25, -0.2) is 0 Å². The Balaban J connectivity index is 2.05. The van der Waals surface area contributed by atoms with E-state index in [9.17, 15) is 0 Å². The number of benzene rings is 5. The minimum absolute atomic E-state index is 1.32. The van der Waals surface area contributed by atoms with Crippen LogP contribution in [0.4, 0.5) is 0 Å². The summed E-state index contributed by atoms with van der Waals surface area (Å²) in [7, 11) is 2.12. The molecule has 0 aromatic heterocycles. The van der Waals surface area contributed by atoms with Gasteiger partial charge < -0.3 is 0 Å². The maximum atomic E-state index is 2.36. The molecule has 0 saturated carbocycles. The second-order valence-corrected chi connectivity index (χ2v) is 27.1. The van der Waals surface area contributed by atoms with E-state index in [4.69, 9.17) is 0 Å². The standard InChI is InChI=1S/C7H8S.4C6H5.Sb/c1-6-4-2-3-5-7(6)8;4*1-2-4-6-5-3-1;/h2-5,8H,1H3;4*1-5H;/q;;;;;+1/p-1. The first kappa shape index (κ1) is 22.1. The van der Waals surface area contributed by atoms with Crippen molar-refractivity contribution in [2.45, 2.75) is 11.8 Å². The quantitative estimate of drug-likeness (QED) is 0.246. The SMILES string of the molecule is Cc1ccccc1[S][Sb]([c]1ccccc1)([c]1ccccc1)([c]1ccccc1)[c]1ccccc1. The Morgan fingerprint density at radius 3 is 1.03 bits per heavy atom. The summed E-state index contributed by atoms with van der Waals surface area (Å²) in [5.74, 6) is 0. The van der Waals surface area contributed by atoms with Crippen LogP contribution < -0.4 is 14.0 Å². The Bertz CT molecular complexity index is 1160. The number of hydrogen-bond donors (Lipinski definition) is 0. The van der Waals surface area contributed by atoms with E-state index in [1.165, 1.54) is 24.5 Å². The molecule has 0 spiro atoms. The van der Waals surface area contributed by atoms with E-state index in [2.05, 4.69) is 161 Å². The summed E-state index contributed by atoms with van der Waals surface area (Å²) in [6, 6.07) is 53.9. The molecule has 5 aromatic carbocycles. The molecular formula is C31H27SSb. The van der Waals surface area contributed by atoms with Gasteiger partial charge in [0.05, 0.1) is 0 Å². The van der Waals surface area contributed by atoms with Crippen molar-refractivity contribution >= 4 is 38.9 Å². The first-order valence-corrected chi connectivity index (χ1v) is 20.3. The second kappa shape index (κ2) is 9.26. The van der Waals surface area contributed by atoms with Crippen LogP contribution in [0.3, 0.4) is 0 Å². The molecule has 0 amide bonds. The molecule has 0 saturated heterocycles. The van der Waals surface area contributed by atoms with Crippen molar-refractivity contribution in [1.82, 2.24) is 0 Å². The third kappa shape index (κ3) is 3.55. The molecule has 0 bridgehead atoms. The van der Waals surface area contributed by atoms with Gasteiger partial charge in [-0.2, -0.15) is 0 Å². The normalized spacial score (nSPS) is 12.6. The van der Waals surface area contributed by atoms with Crippen molar-refractivity contribution < 1.29 is 0 Å². The summed E-state index contributed by atoms with van der Waals surface area (Å²) in [6.07, 6.45) is 0. The van der Waals surface area contributed by atoms with Crippen molar-refractivity contribution in [2.24, 2.45) is 0 Å². The van der Waals surface area contributed by atoms with Gasteiger partial charge in [-0.05, 0) is 0 Å². The molecule has 33 heavy (non-hydrogen) atoms. The van der Waals surface area contributed by atoms with Gasteiger partial charge in [-0.3, -0.25) is 0 Å². The molecule has 0 N–H and O–H groups in total. The monoisotopic (exact) mass is 552 g/mol. The molecule has 0 atom stereocenters. The summed E-state index contributed by atoms with van der Waals surface area (Å²) in [4.78, 5) is 1.35. The third-order valence-corrected chi connectivity index (χ3v) is 32.5. The molecule has 5 rings (SSSR count). The van der Waals surface area contributed by atoms with Crippen LogP contribution in [-0.4, -0.2) is 16.0 Å². The molecule has 0 aliphatic carbocycles. The molecule has 0 aliphatic rings. The summed E-state index contributed by atoms with van der Waals surface area (Å²) in [5, 5.41) is 0. The predicted molar refractivity (Wildman–Crippen MR) is 147 cm³/mol. The predicted octanol–water partition coefficient (Wildman–Crippen LogP) is 5.62. The molecular weight excluding hydrogens is 526 g/mol. The van der Waals surface area contributed by atoms with Crippen LogP contribution in [0.5, 0.6) is 0 Å². The number of hydrogen-bond acceptors (Lipinski definition) is 1. The summed E-state index contributed by atoms with van der Waals surface area (Å²) < 4.78 is 5.73. The van der Waals surface area contributed by atoms with E-state index in [0.717, 1.165) is 0 Å². The van der Waals surface area contributed by atoms with Gasteiger partial charge in [0.25, 0.3) is 0 Å². The van der Waals surface area contributed by atoms with Crippen molar-refractivity contribution in [1.29, 1.82) is 0 Å². The minimum atomic E-state index is -4.43. The first-order chi connectivity index (χ1) is 16.3. The van der Waals surface area contributed by atoms with Gasteiger partial charge in [-0.1, -0.05) is 0 Å². The molecule has 0 radical (unpaired) electrons. The second-order valence-electron chi connectivity index (χ2n) is 8.23. The van der Waals surface area contributed by atoms with Crippen LogP contribution in [0.2, 0.25) is 0 Å². The van der Waals surface area contributed by atoms with Crippen molar-refractivity contribution in [2.75, 3.05) is 0 Å². The summed E-state index contributed by atoms with van der Waals surface area (Å²) >= 11 is -4.43. The molecule has 162 valence electrons. The molecule has 0 aliphatic heterocycles. The van der Waals surface area contributed by atoms with Gasteiger partial charge in [-0.15, -0.1) is 0 Å². The molecule has 0 fully saturated rings. The van der Waals surface area contributed by atoms with E-state index < -0.39 is 16.0 Å². The van der Waals surface area contributed by atoms with Crippen molar-refractivity contribution in [3.8, 4) is 0 Å². The van der Waals surface area contributed by atoms with Crippen LogP contribution in [0.25, 0.3) is 0 Å². The van der Waals surface area contributed by atoms with Gasteiger partial charge in [0.2, 0.25) is 0 Å². The average molecular weight is 553 g/mol. The molecule has 0 unspecified atom stereocenters. The number of rotatable bonds is 6. The van der Waals surface area contributed by atoms with E-state index in [1.807, 2.05) is 0 Å². The van der Waals surface area contributed by atoms with Crippen molar-refractivity contribution in [3.63, 3.8) is 0 Å². The van der Waals surface area contributed by atoms with E-state index >= 15 is 0 Å². The fourth-order valence-corrected chi connectivity index (χ4v) is 31.5. The van der Waals surface area contributed by atoms with Gasteiger partial charge in [0, 0.05) is 0 Å². The fourth-order valence-electron chi connectivity index (χ4n) is 4.81. The van der Waals surface area contributed by atoms with Crippen LogP contribution in [0.1, 0.15) is 5.56 Å². The summed E-state index contributed by atoms with van der Waals surface area (Å²) in [6.45, 7) is 2.23. The fraction of sp³-hybridized carbons (Fsp3) is 0.0323. The van der Waals surface area contributed by atoms with Crippen LogP contribution in [-0.2, 0) is 0 Å². The van der Waals surface area contributed by atoms with Crippen molar-refractivity contribution in [3.05, 3.63) is 151 Å². The Hall–Kier alpha value is -2.73. The Morgan fingerprint density at radius 1 is 0.394 bits per heavy atom. The average Bonchev–Trinajstić information content (AvgIpc) is 2.91. The Morgan fingerprint density at radius 2 is 0.697 bits per heavy atom. The van der Waals surface area contributed by atoms with Crippen LogP contribution >= 0.6 is 8.85 Å². The topological polar surface area (TPSA) is 0 Å². The van der Waals surface area contributed by atoms with E-state index in [1.54, 1.807) is 0 Å². The van der Waals surface area contributed by atoms with Crippen LogP contribution in [0.15, 0.2) is 150 Å². The van der Waals surface area contributed by atoms with Gasteiger partial charge in [0.1, 0.15) is 0 Å². The molecule has 0 heterocycles. The maximum absolute atomic E-state index is 4.43. The first-order valence-electron chi connectivity index (χ1n) is 11.3. The summed E-state index contributed by atoms with van der Waals surface area (Å²) in [5.41, 5.74) is 1.32. The zero-order chi connectivity index (χ0) is 22.6. The van der Waals surface area contributed by atoms with E-state index in [0.29, 0.717) is 0 Å². The van der Waals surface area contributed by atoms with Gasteiger partial charge >= 0.3 is 202 Å². The van der Waals surface area contributed by atoms with Gasteiger partial charge in [0.15, 0.2) is 0 Å². The van der Waals surface area contributed by atoms with E-state index in [-0.39, 0.29) is 0 Å². The zero-order valence-corrected chi connectivity index (χ0v) is 22.1. The molecule has 5 aromatic rings. The third-order valence-electron chi connectivity index (χ3n) is 6.37. The zero-order valence-electron chi connectivity index (χ0n) is 18.7. The van der Waals surface area contributed by atoms with Crippen LogP contribution in [0, 0.1) is 6.92 Å².